The quantitative estimate of drug-likeness (QED) is 0.903. The van der Waals surface area contributed by atoms with Gasteiger partial charge in [-0.2, -0.15) is 0 Å². The Labute approximate surface area is 115 Å². The zero-order valence-corrected chi connectivity index (χ0v) is 11.4. The Balaban J connectivity index is 1.89. The average molecular weight is 280 g/mol. The lowest BCUT2D eigenvalue weighted by atomic mass is 10.2. The van der Waals surface area contributed by atoms with E-state index in [2.05, 4.69) is 15.8 Å². The van der Waals surface area contributed by atoms with Crippen LogP contribution in [0.1, 0.15) is 11.3 Å². The van der Waals surface area contributed by atoms with Crippen LogP contribution in [0.4, 0.5) is 11.5 Å². The molecule has 0 saturated carbocycles. The van der Waals surface area contributed by atoms with Crippen LogP contribution in [0, 0.1) is 13.8 Å². The van der Waals surface area contributed by atoms with E-state index in [9.17, 15) is 4.79 Å². The number of hydrogen-bond donors (Lipinski definition) is 2. The van der Waals surface area contributed by atoms with E-state index in [-0.39, 0.29) is 12.5 Å². The Kier molecular flexibility index (Phi) is 4.06. The van der Waals surface area contributed by atoms with Gasteiger partial charge in [-0.15, -0.1) is 0 Å². The maximum absolute atomic E-state index is 11.7. The lowest BCUT2D eigenvalue weighted by Gasteiger charge is -2.08. The molecular formula is C13H14ClN3O2. The normalized spacial score (nSPS) is 10.3. The number of amides is 1. The molecule has 0 aliphatic carbocycles. The number of halogens is 1. The van der Waals surface area contributed by atoms with Gasteiger partial charge in [0.05, 0.1) is 17.3 Å². The molecule has 2 aromatic rings. The topological polar surface area (TPSA) is 67.2 Å². The van der Waals surface area contributed by atoms with Crippen molar-refractivity contribution in [3.8, 4) is 0 Å². The van der Waals surface area contributed by atoms with Gasteiger partial charge in [0, 0.05) is 6.07 Å². The van der Waals surface area contributed by atoms with Crippen molar-refractivity contribution in [1.29, 1.82) is 0 Å². The Morgan fingerprint density at radius 2 is 2.16 bits per heavy atom. The fraction of sp³-hybridized carbons (Fsp3) is 0.231. The first-order valence-corrected chi connectivity index (χ1v) is 6.15. The van der Waals surface area contributed by atoms with Crippen LogP contribution < -0.4 is 10.6 Å². The molecule has 0 aliphatic heterocycles. The summed E-state index contributed by atoms with van der Waals surface area (Å²) in [6, 6.07) is 7.25. The second kappa shape index (κ2) is 5.75. The van der Waals surface area contributed by atoms with Crippen LogP contribution >= 0.6 is 11.6 Å². The first-order chi connectivity index (χ1) is 9.04. The molecule has 0 radical (unpaired) electrons. The zero-order valence-electron chi connectivity index (χ0n) is 10.7. The molecule has 0 atom stereocenters. The van der Waals surface area contributed by atoms with Crippen molar-refractivity contribution in [2.75, 3.05) is 17.2 Å². The van der Waals surface area contributed by atoms with Gasteiger partial charge in [0.15, 0.2) is 5.82 Å². The average Bonchev–Trinajstić information content (AvgIpc) is 2.73. The molecule has 0 bridgehead atoms. The number of carbonyl (C=O) groups excluding carboxylic acids is 1. The fourth-order valence-corrected chi connectivity index (χ4v) is 1.85. The second-order valence-electron chi connectivity index (χ2n) is 4.21. The second-order valence-corrected chi connectivity index (χ2v) is 4.62. The summed E-state index contributed by atoms with van der Waals surface area (Å²) < 4.78 is 4.85. The molecule has 2 rings (SSSR count). The molecule has 0 unspecified atom stereocenters. The number of anilines is 2. The summed E-state index contributed by atoms with van der Waals surface area (Å²) in [6.45, 7) is 3.82. The van der Waals surface area contributed by atoms with Crippen molar-refractivity contribution in [3.05, 3.63) is 40.6 Å². The van der Waals surface area contributed by atoms with E-state index in [1.165, 1.54) is 0 Å². The summed E-state index contributed by atoms with van der Waals surface area (Å²) in [5.74, 6) is 0.828. The predicted molar refractivity (Wildman–Crippen MR) is 74.5 cm³/mol. The molecule has 0 aliphatic rings. The number of hydrogen-bond acceptors (Lipinski definition) is 4. The molecule has 6 heteroatoms. The highest BCUT2D eigenvalue weighted by molar-refractivity contribution is 6.33. The minimum atomic E-state index is -0.218. The van der Waals surface area contributed by atoms with Crippen molar-refractivity contribution in [1.82, 2.24) is 5.16 Å². The van der Waals surface area contributed by atoms with Crippen LogP contribution in [0.5, 0.6) is 0 Å². The van der Waals surface area contributed by atoms with Crippen molar-refractivity contribution in [2.24, 2.45) is 0 Å². The summed E-state index contributed by atoms with van der Waals surface area (Å²) in [7, 11) is 0. The first kappa shape index (κ1) is 13.4. The van der Waals surface area contributed by atoms with Gasteiger partial charge in [0.2, 0.25) is 5.91 Å². The maximum Gasteiger partial charge on any atom is 0.244 e. The van der Waals surface area contributed by atoms with Gasteiger partial charge >= 0.3 is 0 Å². The summed E-state index contributed by atoms with van der Waals surface area (Å²) in [6.07, 6.45) is 0. The Morgan fingerprint density at radius 3 is 2.79 bits per heavy atom. The number of nitrogens with one attached hydrogen (secondary N) is 2. The van der Waals surface area contributed by atoms with Crippen LogP contribution in [0.25, 0.3) is 0 Å². The Bertz CT molecular complexity index is 595. The Hall–Kier alpha value is -2.01. The van der Waals surface area contributed by atoms with Gasteiger partial charge in [-0.05, 0) is 31.5 Å². The van der Waals surface area contributed by atoms with E-state index >= 15 is 0 Å². The third kappa shape index (κ3) is 3.72. The van der Waals surface area contributed by atoms with Crippen molar-refractivity contribution in [3.63, 3.8) is 0 Å². The summed E-state index contributed by atoms with van der Waals surface area (Å²) in [5, 5.41) is 9.85. The monoisotopic (exact) mass is 279 g/mol. The standard InChI is InChI=1S/C13H14ClN3O2/c1-8-3-4-11(10(14)5-8)15-7-13(18)16-12-6-9(2)19-17-12/h3-6,15H,7H2,1-2H3,(H,16,17,18). The molecule has 0 spiro atoms. The van der Waals surface area contributed by atoms with Crippen LogP contribution in [0.15, 0.2) is 28.8 Å². The highest BCUT2D eigenvalue weighted by Crippen LogP contribution is 2.22. The van der Waals surface area contributed by atoms with E-state index in [1.54, 1.807) is 13.0 Å². The van der Waals surface area contributed by atoms with Gasteiger partial charge in [0.25, 0.3) is 0 Å². The molecule has 1 aromatic carbocycles. The van der Waals surface area contributed by atoms with Crippen LogP contribution in [-0.4, -0.2) is 17.6 Å². The maximum atomic E-state index is 11.7. The molecule has 1 aromatic heterocycles. The van der Waals surface area contributed by atoms with Gasteiger partial charge in [-0.3, -0.25) is 4.79 Å². The first-order valence-electron chi connectivity index (χ1n) is 5.78. The minimum Gasteiger partial charge on any atom is -0.375 e. The summed E-state index contributed by atoms with van der Waals surface area (Å²) in [4.78, 5) is 11.7. The number of carbonyl (C=O) groups is 1. The molecule has 19 heavy (non-hydrogen) atoms. The van der Waals surface area contributed by atoms with Gasteiger partial charge in [-0.1, -0.05) is 22.8 Å². The molecule has 5 nitrogen and oxygen atoms in total. The molecule has 0 fully saturated rings. The number of benzene rings is 1. The number of nitrogens with zero attached hydrogens (tertiary/aromatic N) is 1. The Morgan fingerprint density at radius 1 is 1.37 bits per heavy atom. The van der Waals surface area contributed by atoms with Crippen LogP contribution in [0.3, 0.4) is 0 Å². The molecule has 2 N–H and O–H groups in total. The number of aromatic nitrogens is 1. The molecule has 100 valence electrons. The minimum absolute atomic E-state index is 0.106. The van der Waals surface area contributed by atoms with Gasteiger partial charge in [0.1, 0.15) is 5.76 Å². The molecule has 1 heterocycles. The SMILES string of the molecule is Cc1ccc(NCC(=O)Nc2cc(C)on2)c(Cl)c1. The van der Waals surface area contributed by atoms with Gasteiger partial charge in [-0.25, -0.2) is 0 Å². The van der Waals surface area contributed by atoms with E-state index < -0.39 is 0 Å². The summed E-state index contributed by atoms with van der Waals surface area (Å²) >= 11 is 6.05. The molecule has 0 saturated heterocycles. The lowest BCUT2D eigenvalue weighted by molar-refractivity contribution is -0.114. The number of aryl methyl sites for hydroxylation is 2. The fourth-order valence-electron chi connectivity index (χ4n) is 1.55. The van der Waals surface area contributed by atoms with E-state index in [1.807, 2.05) is 25.1 Å². The molecule has 1 amide bonds. The highest BCUT2D eigenvalue weighted by Gasteiger charge is 2.07. The van der Waals surface area contributed by atoms with E-state index in [4.69, 9.17) is 16.1 Å². The third-order valence-electron chi connectivity index (χ3n) is 2.46. The van der Waals surface area contributed by atoms with Crippen LogP contribution in [-0.2, 0) is 4.79 Å². The zero-order chi connectivity index (χ0) is 13.8. The molecular weight excluding hydrogens is 266 g/mol. The smallest absolute Gasteiger partial charge is 0.244 e. The van der Waals surface area contributed by atoms with Gasteiger partial charge < -0.3 is 15.2 Å². The lowest BCUT2D eigenvalue weighted by Crippen LogP contribution is -2.22. The predicted octanol–water partition coefficient (Wildman–Crippen LogP) is 3.00. The number of rotatable bonds is 4. The van der Waals surface area contributed by atoms with Crippen LogP contribution in [0.2, 0.25) is 5.02 Å². The summed E-state index contributed by atoms with van der Waals surface area (Å²) in [5.41, 5.74) is 1.79. The largest absolute Gasteiger partial charge is 0.375 e. The van der Waals surface area contributed by atoms with Crippen molar-refractivity contribution >= 4 is 29.0 Å². The highest BCUT2D eigenvalue weighted by atomic mass is 35.5. The van der Waals surface area contributed by atoms with Crippen molar-refractivity contribution < 1.29 is 9.32 Å². The van der Waals surface area contributed by atoms with E-state index in [0.29, 0.717) is 16.6 Å². The van der Waals surface area contributed by atoms with E-state index in [0.717, 1.165) is 11.3 Å². The third-order valence-corrected chi connectivity index (χ3v) is 2.77. The van der Waals surface area contributed by atoms with Crippen molar-refractivity contribution in [2.45, 2.75) is 13.8 Å².